The first-order chi connectivity index (χ1) is 29.5. The van der Waals surface area contributed by atoms with Crippen molar-refractivity contribution in [3.63, 3.8) is 0 Å². The van der Waals surface area contributed by atoms with Gasteiger partial charge in [-0.3, -0.25) is 14.4 Å². The molecule has 1 unspecified atom stereocenters. The largest absolute Gasteiger partial charge is 0.462 e. The van der Waals surface area contributed by atoms with Gasteiger partial charge < -0.3 is 14.2 Å². The third-order valence-corrected chi connectivity index (χ3v) is 10.5. The minimum Gasteiger partial charge on any atom is -0.462 e. The van der Waals surface area contributed by atoms with Crippen molar-refractivity contribution in [2.75, 3.05) is 13.2 Å². The number of esters is 3. The summed E-state index contributed by atoms with van der Waals surface area (Å²) in [5.74, 6) is -0.987. The molecule has 0 aromatic rings. The van der Waals surface area contributed by atoms with Gasteiger partial charge in [-0.2, -0.15) is 0 Å². The Bertz CT molecular complexity index is 1140. The number of hydrogen-bond donors (Lipinski definition) is 0. The summed E-state index contributed by atoms with van der Waals surface area (Å²) in [5, 5.41) is 0. The van der Waals surface area contributed by atoms with Crippen LogP contribution in [0.2, 0.25) is 0 Å². The molecule has 60 heavy (non-hydrogen) atoms. The summed E-state index contributed by atoms with van der Waals surface area (Å²) in [6.45, 7) is 6.44. The summed E-state index contributed by atoms with van der Waals surface area (Å²) >= 11 is 0. The fraction of sp³-hybridized carbons (Fsp3) is 0.722. The van der Waals surface area contributed by atoms with Gasteiger partial charge in [0, 0.05) is 19.3 Å². The van der Waals surface area contributed by atoms with Crippen molar-refractivity contribution in [2.24, 2.45) is 0 Å². The lowest BCUT2D eigenvalue weighted by Gasteiger charge is -2.18. The van der Waals surface area contributed by atoms with E-state index in [0.717, 1.165) is 89.9 Å². The highest BCUT2D eigenvalue weighted by atomic mass is 16.6. The maximum Gasteiger partial charge on any atom is 0.306 e. The molecule has 0 N–H and O–H groups in total. The normalized spacial score (nSPS) is 12.7. The lowest BCUT2D eigenvalue weighted by Crippen LogP contribution is -2.30. The van der Waals surface area contributed by atoms with Crippen LogP contribution in [-0.4, -0.2) is 37.2 Å². The number of unbranched alkanes of at least 4 members (excludes halogenated alkanes) is 21. The van der Waals surface area contributed by atoms with Crippen LogP contribution >= 0.6 is 0 Å². The van der Waals surface area contributed by atoms with E-state index < -0.39 is 6.10 Å². The Morgan fingerprint density at radius 1 is 0.350 bits per heavy atom. The van der Waals surface area contributed by atoms with E-state index >= 15 is 0 Å². The van der Waals surface area contributed by atoms with E-state index in [1.54, 1.807) is 0 Å². The zero-order valence-corrected chi connectivity index (χ0v) is 39.2. The predicted octanol–water partition coefficient (Wildman–Crippen LogP) is 16.3. The molecule has 0 aromatic carbocycles. The molecule has 0 aliphatic rings. The molecule has 0 amide bonds. The molecule has 0 rings (SSSR count). The molecule has 0 aliphatic heterocycles. The second-order valence-corrected chi connectivity index (χ2v) is 16.3. The van der Waals surface area contributed by atoms with Crippen molar-refractivity contribution < 1.29 is 28.6 Å². The first kappa shape index (κ1) is 56.9. The fourth-order valence-electron chi connectivity index (χ4n) is 6.72. The van der Waals surface area contributed by atoms with Crippen molar-refractivity contribution in [3.8, 4) is 0 Å². The molecule has 0 spiro atoms. The molecule has 0 aliphatic carbocycles. The molecular weight excluding hydrogens is 745 g/mol. The van der Waals surface area contributed by atoms with Gasteiger partial charge in [0.05, 0.1) is 0 Å². The van der Waals surface area contributed by atoms with Crippen LogP contribution in [0.5, 0.6) is 0 Å². The van der Waals surface area contributed by atoms with Crippen LogP contribution in [0.1, 0.15) is 233 Å². The highest BCUT2D eigenvalue weighted by molar-refractivity contribution is 5.71. The Labute approximate surface area is 370 Å². The summed E-state index contributed by atoms with van der Waals surface area (Å²) in [4.78, 5) is 37.8. The Morgan fingerprint density at radius 2 is 0.683 bits per heavy atom. The summed E-state index contributed by atoms with van der Waals surface area (Å²) < 4.78 is 16.7. The molecule has 6 heteroatoms. The number of hydrogen-bond acceptors (Lipinski definition) is 6. The van der Waals surface area contributed by atoms with Crippen LogP contribution < -0.4 is 0 Å². The van der Waals surface area contributed by atoms with Gasteiger partial charge in [-0.1, -0.05) is 209 Å². The topological polar surface area (TPSA) is 78.9 Å². The molecule has 0 saturated carbocycles. The first-order valence-electron chi connectivity index (χ1n) is 24.9. The summed E-state index contributed by atoms with van der Waals surface area (Å²) in [6, 6.07) is 0. The number of rotatable bonds is 44. The molecule has 6 nitrogen and oxygen atoms in total. The van der Waals surface area contributed by atoms with Crippen molar-refractivity contribution in [1.29, 1.82) is 0 Å². The van der Waals surface area contributed by atoms with E-state index in [1.807, 2.05) is 6.08 Å². The Hall–Kier alpha value is -3.15. The Morgan fingerprint density at radius 3 is 1.08 bits per heavy atom. The fourth-order valence-corrected chi connectivity index (χ4v) is 6.72. The maximum atomic E-state index is 12.7. The van der Waals surface area contributed by atoms with Crippen molar-refractivity contribution in [3.05, 3.63) is 72.9 Å². The Balaban J connectivity index is 4.42. The number of ether oxygens (including phenoxy) is 3. The zero-order chi connectivity index (χ0) is 43.7. The Kier molecular flexibility index (Phi) is 46.0. The number of carbonyl (C=O) groups excluding carboxylic acids is 3. The maximum absolute atomic E-state index is 12.7. The van der Waals surface area contributed by atoms with Crippen LogP contribution in [0, 0.1) is 0 Å². The van der Waals surface area contributed by atoms with E-state index in [4.69, 9.17) is 14.2 Å². The lowest BCUT2D eigenvalue weighted by molar-refractivity contribution is -0.166. The zero-order valence-electron chi connectivity index (χ0n) is 39.2. The average Bonchev–Trinajstić information content (AvgIpc) is 3.24. The highest BCUT2D eigenvalue weighted by Crippen LogP contribution is 2.13. The van der Waals surface area contributed by atoms with Gasteiger partial charge in [-0.15, -0.1) is 0 Å². The van der Waals surface area contributed by atoms with Crippen LogP contribution in [0.4, 0.5) is 0 Å². The van der Waals surface area contributed by atoms with E-state index in [-0.39, 0.29) is 37.5 Å². The lowest BCUT2D eigenvalue weighted by atomic mass is 10.1. The van der Waals surface area contributed by atoms with Crippen LogP contribution in [0.3, 0.4) is 0 Å². The molecule has 0 aromatic heterocycles. The van der Waals surface area contributed by atoms with Crippen molar-refractivity contribution in [2.45, 2.75) is 239 Å². The predicted molar refractivity (Wildman–Crippen MR) is 256 cm³/mol. The van der Waals surface area contributed by atoms with Gasteiger partial charge >= 0.3 is 17.9 Å². The smallest absolute Gasteiger partial charge is 0.306 e. The minimum absolute atomic E-state index is 0.101. The number of allylic oxidation sites excluding steroid dienone is 12. The van der Waals surface area contributed by atoms with E-state index in [1.165, 1.54) is 96.3 Å². The standard InChI is InChI=1S/C54H92O6/c1-4-7-10-13-16-19-22-24-25-26-27-28-29-31-32-35-38-41-44-47-53(56)59-50-51(49-58-52(55)46-43-40-37-34-21-18-15-12-9-6-3)60-54(57)48-45-42-39-36-33-30-23-20-17-14-11-8-5-2/h7,10,16,19,24-25,27-28,30,33,39,42,51H,4-6,8-9,11-15,17-18,20-23,26,29,31-32,34-38,40-41,43-50H2,1-3H3/b10-7-,19-16-,25-24-,28-27-,33-30-,42-39-. The first-order valence-corrected chi connectivity index (χ1v) is 24.9. The average molecular weight is 837 g/mol. The van der Waals surface area contributed by atoms with Crippen molar-refractivity contribution in [1.82, 2.24) is 0 Å². The third-order valence-electron chi connectivity index (χ3n) is 10.5. The van der Waals surface area contributed by atoms with E-state index in [2.05, 4.69) is 87.6 Å². The summed E-state index contributed by atoms with van der Waals surface area (Å²) in [5.41, 5.74) is 0. The SMILES string of the molecule is CC/C=C\C/C=C\C/C=C\C/C=C\CCCCCCCCC(=O)OCC(COC(=O)CCCCCCCCCCCC)OC(=O)CC/C=C\C/C=C\CCCCCCCC. The molecule has 1 atom stereocenters. The molecular formula is C54H92O6. The van der Waals surface area contributed by atoms with Gasteiger partial charge in [0.2, 0.25) is 0 Å². The third kappa shape index (κ3) is 45.9. The van der Waals surface area contributed by atoms with Gasteiger partial charge in [0.1, 0.15) is 13.2 Å². The van der Waals surface area contributed by atoms with Crippen LogP contribution in [-0.2, 0) is 28.6 Å². The van der Waals surface area contributed by atoms with Crippen molar-refractivity contribution >= 4 is 17.9 Å². The number of carbonyl (C=O) groups is 3. The second-order valence-electron chi connectivity index (χ2n) is 16.3. The van der Waals surface area contributed by atoms with Crippen LogP contribution in [0.25, 0.3) is 0 Å². The molecule has 0 saturated heterocycles. The van der Waals surface area contributed by atoms with Gasteiger partial charge in [0.25, 0.3) is 0 Å². The van der Waals surface area contributed by atoms with Gasteiger partial charge in [0.15, 0.2) is 6.10 Å². The minimum atomic E-state index is -0.808. The molecule has 0 fully saturated rings. The second kappa shape index (κ2) is 48.5. The molecule has 0 bridgehead atoms. The summed E-state index contributed by atoms with van der Waals surface area (Å²) in [6.07, 6.45) is 60.4. The monoisotopic (exact) mass is 837 g/mol. The molecule has 0 heterocycles. The summed E-state index contributed by atoms with van der Waals surface area (Å²) in [7, 11) is 0. The van der Waals surface area contributed by atoms with E-state index in [0.29, 0.717) is 19.3 Å². The molecule has 344 valence electrons. The van der Waals surface area contributed by atoms with Gasteiger partial charge in [-0.05, 0) is 77.0 Å². The highest BCUT2D eigenvalue weighted by Gasteiger charge is 2.19. The van der Waals surface area contributed by atoms with E-state index in [9.17, 15) is 14.4 Å². The van der Waals surface area contributed by atoms with Gasteiger partial charge in [-0.25, -0.2) is 0 Å². The van der Waals surface area contributed by atoms with Crippen LogP contribution in [0.15, 0.2) is 72.9 Å². The quantitative estimate of drug-likeness (QED) is 0.0263. The molecule has 0 radical (unpaired) electrons.